The van der Waals surface area contributed by atoms with Crippen LogP contribution in [-0.4, -0.2) is 34.7 Å². The van der Waals surface area contributed by atoms with E-state index in [0.717, 1.165) is 22.4 Å². The maximum absolute atomic E-state index is 13.4. The summed E-state index contributed by atoms with van der Waals surface area (Å²) in [6.45, 7) is 7.73. The van der Waals surface area contributed by atoms with Crippen LogP contribution < -0.4 is 0 Å². The van der Waals surface area contributed by atoms with Gasteiger partial charge in [0.25, 0.3) is 5.91 Å². The van der Waals surface area contributed by atoms with Crippen LogP contribution in [0.25, 0.3) is 0 Å². The highest BCUT2D eigenvalue weighted by atomic mass is 32.1. The van der Waals surface area contributed by atoms with Crippen molar-refractivity contribution in [2.45, 2.75) is 40.3 Å². The molecule has 0 aliphatic rings. The van der Waals surface area contributed by atoms with E-state index in [4.69, 9.17) is 0 Å². The van der Waals surface area contributed by atoms with E-state index in [-0.39, 0.29) is 18.4 Å². The van der Waals surface area contributed by atoms with Crippen LogP contribution in [0.3, 0.4) is 0 Å². The Labute approximate surface area is 189 Å². The van der Waals surface area contributed by atoms with E-state index in [1.807, 2.05) is 73.3 Å². The predicted octanol–water partition coefficient (Wildman–Crippen LogP) is 5.45. The minimum absolute atomic E-state index is 0.0368. The molecule has 162 valence electrons. The van der Waals surface area contributed by atoms with Gasteiger partial charge in [-0.1, -0.05) is 55.5 Å². The van der Waals surface area contributed by atoms with Crippen molar-refractivity contribution in [1.82, 2.24) is 9.80 Å². The number of nitrogens with zero attached hydrogens (tertiary/aromatic N) is 2. The molecule has 0 N–H and O–H groups in total. The normalized spacial score (nSPS) is 10.7. The summed E-state index contributed by atoms with van der Waals surface area (Å²) in [5, 5.41) is 0. The third kappa shape index (κ3) is 6.28. The van der Waals surface area contributed by atoms with Gasteiger partial charge in [0.2, 0.25) is 5.91 Å². The molecule has 0 radical (unpaired) electrons. The number of aryl methyl sites for hydroxylation is 2. The second kappa shape index (κ2) is 10.9. The summed E-state index contributed by atoms with van der Waals surface area (Å²) < 4.78 is 0. The Morgan fingerprint density at radius 1 is 0.839 bits per heavy atom. The van der Waals surface area contributed by atoms with Gasteiger partial charge in [-0.25, -0.2) is 0 Å². The molecule has 3 rings (SSSR count). The largest absolute Gasteiger partial charge is 0.332 e. The second-order valence-electron chi connectivity index (χ2n) is 7.79. The first kappa shape index (κ1) is 22.8. The van der Waals surface area contributed by atoms with Gasteiger partial charge in [-0.15, -0.1) is 11.3 Å². The van der Waals surface area contributed by atoms with E-state index >= 15 is 0 Å². The molecule has 0 spiro atoms. The van der Waals surface area contributed by atoms with E-state index in [0.29, 0.717) is 25.2 Å². The lowest BCUT2D eigenvalue weighted by molar-refractivity contribution is -0.133. The third-order valence-electron chi connectivity index (χ3n) is 5.19. The first-order valence-electron chi connectivity index (χ1n) is 10.7. The van der Waals surface area contributed by atoms with Crippen molar-refractivity contribution < 1.29 is 9.59 Å². The number of amides is 2. The van der Waals surface area contributed by atoms with Crippen molar-refractivity contribution in [1.29, 1.82) is 0 Å². The molecule has 4 nitrogen and oxygen atoms in total. The Balaban J connectivity index is 1.80. The fourth-order valence-corrected chi connectivity index (χ4v) is 4.47. The standard InChI is InChI=1S/C26H30N2O2S/c1-4-16-27(26(30)24-13-9-8-10-20(24)2)19-25(29)28(17-22-11-6-5-7-12-22)18-23-15-14-21(3)31-23/h5-15H,4,16-19H2,1-3H3. The van der Waals surface area contributed by atoms with E-state index in [2.05, 4.69) is 19.1 Å². The Bertz CT molecular complexity index is 1010. The Morgan fingerprint density at radius 3 is 2.19 bits per heavy atom. The van der Waals surface area contributed by atoms with Crippen LogP contribution in [-0.2, 0) is 17.9 Å². The van der Waals surface area contributed by atoms with Gasteiger partial charge in [0.05, 0.1) is 6.54 Å². The first-order chi connectivity index (χ1) is 15.0. The molecule has 5 heteroatoms. The molecule has 3 aromatic rings. The number of carbonyl (C=O) groups excluding carboxylic acids is 2. The molecule has 1 aromatic heterocycles. The third-order valence-corrected chi connectivity index (χ3v) is 6.18. The van der Waals surface area contributed by atoms with Gasteiger partial charge in [0, 0.05) is 28.4 Å². The van der Waals surface area contributed by atoms with E-state index in [1.165, 1.54) is 4.88 Å². The molecule has 0 aliphatic heterocycles. The fourth-order valence-electron chi connectivity index (χ4n) is 3.56. The molecule has 0 unspecified atom stereocenters. The maximum atomic E-state index is 13.4. The lowest BCUT2D eigenvalue weighted by atomic mass is 10.1. The van der Waals surface area contributed by atoms with Crippen molar-refractivity contribution in [2.75, 3.05) is 13.1 Å². The van der Waals surface area contributed by atoms with Crippen molar-refractivity contribution in [3.8, 4) is 0 Å². The SMILES string of the molecule is CCCN(CC(=O)N(Cc1ccccc1)Cc1ccc(C)s1)C(=O)c1ccccc1C. The number of carbonyl (C=O) groups is 2. The average Bonchev–Trinajstić information content (AvgIpc) is 3.18. The Kier molecular flexibility index (Phi) is 8.01. The van der Waals surface area contributed by atoms with Crippen molar-refractivity contribution >= 4 is 23.2 Å². The van der Waals surface area contributed by atoms with Gasteiger partial charge in [0.15, 0.2) is 0 Å². The highest BCUT2D eigenvalue weighted by Gasteiger charge is 2.23. The smallest absolute Gasteiger partial charge is 0.254 e. The van der Waals surface area contributed by atoms with Crippen LogP contribution in [0.5, 0.6) is 0 Å². The van der Waals surface area contributed by atoms with Crippen molar-refractivity contribution in [3.05, 3.63) is 93.2 Å². The molecule has 0 atom stereocenters. The molecule has 2 aromatic carbocycles. The van der Waals surface area contributed by atoms with Gasteiger partial charge in [-0.3, -0.25) is 9.59 Å². The van der Waals surface area contributed by atoms with E-state index in [9.17, 15) is 9.59 Å². The fraction of sp³-hybridized carbons (Fsp3) is 0.308. The van der Waals surface area contributed by atoms with Crippen molar-refractivity contribution in [2.24, 2.45) is 0 Å². The lowest BCUT2D eigenvalue weighted by Crippen LogP contribution is -2.43. The summed E-state index contributed by atoms with van der Waals surface area (Å²) in [7, 11) is 0. The molecule has 0 bridgehead atoms. The maximum Gasteiger partial charge on any atom is 0.254 e. The van der Waals surface area contributed by atoms with Gasteiger partial charge >= 0.3 is 0 Å². The quantitative estimate of drug-likeness (QED) is 0.450. The minimum atomic E-state index is -0.0834. The van der Waals surface area contributed by atoms with Crippen LogP contribution in [0.4, 0.5) is 0 Å². The molecular formula is C26H30N2O2S. The summed E-state index contributed by atoms with van der Waals surface area (Å²) in [6.07, 6.45) is 0.799. The number of thiophene rings is 1. The molecule has 2 amide bonds. The zero-order chi connectivity index (χ0) is 22.2. The number of benzene rings is 2. The van der Waals surface area contributed by atoms with Crippen molar-refractivity contribution in [3.63, 3.8) is 0 Å². The number of rotatable bonds is 9. The minimum Gasteiger partial charge on any atom is -0.332 e. The molecule has 1 heterocycles. The summed E-state index contributed by atoms with van der Waals surface area (Å²) in [6, 6.07) is 21.7. The molecule has 0 fully saturated rings. The van der Waals surface area contributed by atoms with Crippen LogP contribution in [0.15, 0.2) is 66.7 Å². The highest BCUT2D eigenvalue weighted by Crippen LogP contribution is 2.19. The van der Waals surface area contributed by atoms with Crippen LogP contribution in [0.2, 0.25) is 0 Å². The lowest BCUT2D eigenvalue weighted by Gasteiger charge is -2.28. The Morgan fingerprint density at radius 2 is 1.55 bits per heavy atom. The van der Waals surface area contributed by atoms with Crippen LogP contribution in [0.1, 0.15) is 44.6 Å². The van der Waals surface area contributed by atoms with Gasteiger partial charge in [-0.2, -0.15) is 0 Å². The molecule has 0 saturated heterocycles. The predicted molar refractivity (Wildman–Crippen MR) is 127 cm³/mol. The average molecular weight is 435 g/mol. The van der Waals surface area contributed by atoms with Crippen LogP contribution >= 0.6 is 11.3 Å². The Hall–Kier alpha value is -2.92. The highest BCUT2D eigenvalue weighted by molar-refractivity contribution is 7.11. The monoisotopic (exact) mass is 434 g/mol. The second-order valence-corrected chi connectivity index (χ2v) is 9.16. The van der Waals surface area contributed by atoms with Crippen LogP contribution in [0, 0.1) is 13.8 Å². The zero-order valence-electron chi connectivity index (χ0n) is 18.5. The summed E-state index contributed by atoms with van der Waals surface area (Å²) in [5.41, 5.74) is 2.67. The summed E-state index contributed by atoms with van der Waals surface area (Å²) in [4.78, 5) is 32.5. The van der Waals surface area contributed by atoms with Gasteiger partial charge in [0.1, 0.15) is 6.54 Å². The first-order valence-corrected chi connectivity index (χ1v) is 11.5. The van der Waals surface area contributed by atoms with E-state index in [1.54, 1.807) is 16.2 Å². The number of hydrogen-bond donors (Lipinski definition) is 0. The summed E-state index contributed by atoms with van der Waals surface area (Å²) >= 11 is 1.70. The summed E-state index contributed by atoms with van der Waals surface area (Å²) in [5.74, 6) is -0.120. The number of hydrogen-bond acceptors (Lipinski definition) is 3. The molecule has 31 heavy (non-hydrogen) atoms. The zero-order valence-corrected chi connectivity index (χ0v) is 19.3. The van der Waals surface area contributed by atoms with Gasteiger partial charge in [-0.05, 0) is 49.6 Å². The topological polar surface area (TPSA) is 40.6 Å². The molecule has 0 saturated carbocycles. The molecule has 0 aliphatic carbocycles. The van der Waals surface area contributed by atoms with Gasteiger partial charge < -0.3 is 9.80 Å². The van der Waals surface area contributed by atoms with E-state index < -0.39 is 0 Å². The molecular weight excluding hydrogens is 404 g/mol.